The van der Waals surface area contributed by atoms with Crippen molar-refractivity contribution >= 4 is 0 Å². The summed E-state index contributed by atoms with van der Waals surface area (Å²) in [7, 11) is 0. The van der Waals surface area contributed by atoms with Crippen LogP contribution in [0.25, 0.3) is 0 Å². The van der Waals surface area contributed by atoms with Crippen LogP contribution in [0, 0.1) is 11.8 Å². The molecule has 0 bridgehead atoms. The fourth-order valence-electron chi connectivity index (χ4n) is 4.58. The van der Waals surface area contributed by atoms with Crippen molar-refractivity contribution in [1.29, 1.82) is 0 Å². The first kappa shape index (κ1) is 16.3. The number of rotatable bonds is 6. The molecule has 2 heterocycles. The number of fused-ring (bicyclic) bond motifs is 1. The lowest BCUT2D eigenvalue weighted by Crippen LogP contribution is -2.62. The number of nitrogens with zero attached hydrogens (tertiary/aromatic N) is 2. The molecule has 1 unspecified atom stereocenters. The van der Waals surface area contributed by atoms with Crippen molar-refractivity contribution in [2.45, 2.75) is 65.0 Å². The minimum atomic E-state index is 0.233. The molecule has 0 aromatic carbocycles. The van der Waals surface area contributed by atoms with E-state index in [4.69, 9.17) is 5.73 Å². The van der Waals surface area contributed by atoms with Gasteiger partial charge >= 0.3 is 0 Å². The second kappa shape index (κ2) is 6.76. The minimum absolute atomic E-state index is 0.233. The Morgan fingerprint density at radius 2 is 1.70 bits per heavy atom. The van der Waals surface area contributed by atoms with Gasteiger partial charge in [0.25, 0.3) is 0 Å². The topological polar surface area (TPSA) is 32.5 Å². The van der Waals surface area contributed by atoms with Crippen LogP contribution in [0.15, 0.2) is 0 Å². The SMILES string of the molecule is CC(C)CC(CN)(CC(C)C)N1CCN2CCCC2C1. The van der Waals surface area contributed by atoms with Gasteiger partial charge in [0, 0.05) is 37.8 Å². The summed E-state index contributed by atoms with van der Waals surface area (Å²) in [6, 6.07) is 0.800. The molecule has 3 heteroatoms. The van der Waals surface area contributed by atoms with Crippen LogP contribution in [0.1, 0.15) is 53.4 Å². The second-order valence-corrected chi connectivity index (χ2v) is 7.90. The first-order valence-electron chi connectivity index (χ1n) is 8.66. The maximum atomic E-state index is 6.32. The van der Waals surface area contributed by atoms with Gasteiger partial charge in [0.05, 0.1) is 0 Å². The van der Waals surface area contributed by atoms with E-state index in [1.165, 1.54) is 51.9 Å². The number of hydrogen-bond donors (Lipinski definition) is 1. The molecule has 0 saturated carbocycles. The summed E-state index contributed by atoms with van der Waals surface area (Å²) in [5.74, 6) is 1.44. The Hall–Kier alpha value is -0.120. The normalized spacial score (nSPS) is 25.6. The predicted molar refractivity (Wildman–Crippen MR) is 86.9 cm³/mol. The van der Waals surface area contributed by atoms with E-state index in [0.29, 0.717) is 0 Å². The van der Waals surface area contributed by atoms with Gasteiger partial charge in [0.15, 0.2) is 0 Å². The summed E-state index contributed by atoms with van der Waals surface area (Å²) < 4.78 is 0. The van der Waals surface area contributed by atoms with Crippen LogP contribution >= 0.6 is 0 Å². The molecule has 2 fully saturated rings. The minimum Gasteiger partial charge on any atom is -0.329 e. The highest BCUT2D eigenvalue weighted by Gasteiger charge is 2.41. The molecule has 1 atom stereocenters. The van der Waals surface area contributed by atoms with Crippen LogP contribution in [0.3, 0.4) is 0 Å². The molecule has 118 valence electrons. The van der Waals surface area contributed by atoms with Gasteiger partial charge in [-0.1, -0.05) is 27.7 Å². The fourth-order valence-corrected chi connectivity index (χ4v) is 4.58. The monoisotopic (exact) mass is 281 g/mol. The van der Waals surface area contributed by atoms with Crippen LogP contribution in [0.5, 0.6) is 0 Å². The molecule has 0 aromatic heterocycles. The van der Waals surface area contributed by atoms with Crippen molar-refractivity contribution in [3.63, 3.8) is 0 Å². The average molecular weight is 281 g/mol. The summed E-state index contributed by atoms with van der Waals surface area (Å²) in [6.45, 7) is 15.2. The van der Waals surface area contributed by atoms with E-state index in [-0.39, 0.29) is 5.54 Å². The van der Waals surface area contributed by atoms with Crippen LogP contribution in [0.2, 0.25) is 0 Å². The van der Waals surface area contributed by atoms with E-state index >= 15 is 0 Å². The molecular formula is C17H35N3. The molecule has 0 aromatic rings. The molecule has 2 aliphatic heterocycles. The first-order chi connectivity index (χ1) is 9.47. The van der Waals surface area contributed by atoms with E-state index in [2.05, 4.69) is 37.5 Å². The van der Waals surface area contributed by atoms with Crippen molar-refractivity contribution in [3.05, 3.63) is 0 Å². The van der Waals surface area contributed by atoms with Crippen LogP contribution in [-0.4, -0.2) is 54.1 Å². The number of hydrogen-bond acceptors (Lipinski definition) is 3. The maximum absolute atomic E-state index is 6.32. The van der Waals surface area contributed by atoms with E-state index in [9.17, 15) is 0 Å². The zero-order valence-electron chi connectivity index (χ0n) is 14.1. The van der Waals surface area contributed by atoms with Gasteiger partial charge in [-0.2, -0.15) is 0 Å². The summed E-state index contributed by atoms with van der Waals surface area (Å²) in [5, 5.41) is 0. The quantitative estimate of drug-likeness (QED) is 0.812. The van der Waals surface area contributed by atoms with Crippen LogP contribution in [-0.2, 0) is 0 Å². The van der Waals surface area contributed by atoms with Crippen molar-refractivity contribution in [2.24, 2.45) is 17.6 Å². The Balaban J connectivity index is 2.12. The lowest BCUT2D eigenvalue weighted by atomic mass is 9.79. The van der Waals surface area contributed by atoms with Gasteiger partial charge in [-0.05, 0) is 44.1 Å². The van der Waals surface area contributed by atoms with Gasteiger partial charge in [-0.15, -0.1) is 0 Å². The second-order valence-electron chi connectivity index (χ2n) is 7.90. The molecule has 0 aliphatic carbocycles. The molecule has 2 rings (SSSR count). The molecule has 20 heavy (non-hydrogen) atoms. The molecule has 0 amide bonds. The average Bonchev–Trinajstić information content (AvgIpc) is 2.83. The summed E-state index contributed by atoms with van der Waals surface area (Å²) in [4.78, 5) is 5.46. The lowest BCUT2D eigenvalue weighted by Gasteiger charge is -2.50. The zero-order valence-corrected chi connectivity index (χ0v) is 14.1. The third-order valence-corrected chi connectivity index (χ3v) is 5.21. The van der Waals surface area contributed by atoms with Gasteiger partial charge in [0.1, 0.15) is 0 Å². The summed E-state index contributed by atoms with van der Waals surface area (Å²) >= 11 is 0. The third-order valence-electron chi connectivity index (χ3n) is 5.21. The van der Waals surface area contributed by atoms with Crippen molar-refractivity contribution in [2.75, 3.05) is 32.7 Å². The molecule has 3 nitrogen and oxygen atoms in total. The zero-order chi connectivity index (χ0) is 14.8. The van der Waals surface area contributed by atoms with Crippen molar-refractivity contribution in [3.8, 4) is 0 Å². The smallest absolute Gasteiger partial charge is 0.0337 e. The first-order valence-corrected chi connectivity index (χ1v) is 8.66. The summed E-state index contributed by atoms with van der Waals surface area (Å²) in [5.41, 5.74) is 6.55. The molecule has 0 radical (unpaired) electrons. The Bertz CT molecular complexity index is 291. The largest absolute Gasteiger partial charge is 0.329 e. The van der Waals surface area contributed by atoms with Gasteiger partial charge in [-0.3, -0.25) is 9.80 Å². The van der Waals surface area contributed by atoms with Crippen molar-refractivity contribution < 1.29 is 0 Å². The molecule has 2 N–H and O–H groups in total. The Labute approximate surface area is 125 Å². The Kier molecular flexibility index (Phi) is 5.49. The number of nitrogens with two attached hydrogens (primary N) is 1. The molecular weight excluding hydrogens is 246 g/mol. The van der Waals surface area contributed by atoms with E-state index in [1.54, 1.807) is 0 Å². The standard InChI is InChI=1S/C17H35N3/c1-14(2)10-17(13-18,11-15(3)4)20-9-8-19-7-5-6-16(19)12-20/h14-16H,5-13,18H2,1-4H3. The van der Waals surface area contributed by atoms with Gasteiger partial charge < -0.3 is 5.73 Å². The Morgan fingerprint density at radius 3 is 2.25 bits per heavy atom. The molecule has 0 spiro atoms. The number of piperazine rings is 1. The fraction of sp³-hybridized carbons (Fsp3) is 1.00. The lowest BCUT2D eigenvalue weighted by molar-refractivity contribution is -0.00457. The van der Waals surface area contributed by atoms with E-state index in [0.717, 1.165) is 24.4 Å². The molecule has 2 aliphatic rings. The highest BCUT2D eigenvalue weighted by Crippen LogP contribution is 2.34. The summed E-state index contributed by atoms with van der Waals surface area (Å²) in [6.07, 6.45) is 5.27. The maximum Gasteiger partial charge on any atom is 0.0337 e. The van der Waals surface area contributed by atoms with Crippen LogP contribution in [0.4, 0.5) is 0 Å². The Morgan fingerprint density at radius 1 is 1.05 bits per heavy atom. The van der Waals surface area contributed by atoms with Gasteiger partial charge in [0.2, 0.25) is 0 Å². The highest BCUT2D eigenvalue weighted by molar-refractivity contribution is 4.98. The van der Waals surface area contributed by atoms with Crippen molar-refractivity contribution in [1.82, 2.24) is 9.80 Å². The van der Waals surface area contributed by atoms with Gasteiger partial charge in [-0.25, -0.2) is 0 Å². The third kappa shape index (κ3) is 3.55. The van der Waals surface area contributed by atoms with Crippen LogP contribution < -0.4 is 5.73 Å². The van der Waals surface area contributed by atoms with E-state index in [1.807, 2.05) is 0 Å². The molecule has 2 saturated heterocycles. The highest BCUT2D eigenvalue weighted by atomic mass is 15.3. The van der Waals surface area contributed by atoms with E-state index < -0.39 is 0 Å². The predicted octanol–water partition coefficient (Wildman–Crippen LogP) is 2.56.